The van der Waals surface area contributed by atoms with Crippen LogP contribution in [-0.2, 0) is 36.2 Å². The van der Waals surface area contributed by atoms with Crippen molar-refractivity contribution >= 4 is 33.7 Å². The molecule has 6 rings (SSSR count). The number of carbonyl (C=O) groups is 3. The summed E-state index contributed by atoms with van der Waals surface area (Å²) in [6.45, 7) is 1.34. The molecule has 1 aliphatic carbocycles. The van der Waals surface area contributed by atoms with Crippen molar-refractivity contribution in [2.24, 2.45) is 18.9 Å². The number of nitrogens with zero attached hydrogens (tertiary/aromatic N) is 5. The zero-order chi connectivity index (χ0) is 28.7. The molecule has 0 radical (unpaired) electrons. The average Bonchev–Trinajstić information content (AvgIpc) is 3.54. The SMILES string of the molecule is Cn1cnnc1COc1ccc(Br)c2c1[C@@H](CN1Cc3ccccc3C1=O)N(C(=O)[C@@H]1CCCC[C@@H]1C(=O)O)CC2. The molecule has 1 fully saturated rings. The van der Waals surface area contributed by atoms with E-state index in [1.807, 2.05) is 48.3 Å². The summed E-state index contributed by atoms with van der Waals surface area (Å²) < 4.78 is 9.02. The molecule has 41 heavy (non-hydrogen) atoms. The Labute approximate surface area is 246 Å². The molecule has 3 heterocycles. The molecule has 1 aromatic heterocycles. The number of carboxylic acid groups (broad SMARTS) is 1. The van der Waals surface area contributed by atoms with Crippen LogP contribution < -0.4 is 4.74 Å². The minimum Gasteiger partial charge on any atom is -0.485 e. The van der Waals surface area contributed by atoms with Crippen LogP contribution >= 0.6 is 15.9 Å². The topological polar surface area (TPSA) is 118 Å². The third-order valence-electron chi connectivity index (χ3n) is 8.71. The Hall–Kier alpha value is -3.73. The van der Waals surface area contributed by atoms with Crippen LogP contribution in [0, 0.1) is 11.8 Å². The Morgan fingerprint density at radius 1 is 1.12 bits per heavy atom. The van der Waals surface area contributed by atoms with E-state index in [0.29, 0.717) is 49.5 Å². The van der Waals surface area contributed by atoms with Gasteiger partial charge in [-0.3, -0.25) is 14.4 Å². The highest BCUT2D eigenvalue weighted by Crippen LogP contribution is 2.43. The second-order valence-corrected chi connectivity index (χ2v) is 11.9. The molecule has 0 spiro atoms. The predicted octanol–water partition coefficient (Wildman–Crippen LogP) is 4.13. The minimum atomic E-state index is -0.919. The van der Waals surface area contributed by atoms with Crippen molar-refractivity contribution in [2.45, 2.75) is 51.3 Å². The average molecular weight is 623 g/mol. The fraction of sp³-hybridized carbons (Fsp3) is 0.433. The maximum Gasteiger partial charge on any atom is 0.307 e. The van der Waals surface area contributed by atoms with Crippen molar-refractivity contribution < 1.29 is 24.2 Å². The molecule has 3 aromatic rings. The molecule has 0 unspecified atom stereocenters. The lowest BCUT2D eigenvalue weighted by atomic mass is 9.77. The molecule has 11 heteroatoms. The summed E-state index contributed by atoms with van der Waals surface area (Å²) in [7, 11) is 1.85. The highest BCUT2D eigenvalue weighted by atomic mass is 79.9. The number of carbonyl (C=O) groups excluding carboxylic acids is 2. The van der Waals surface area contributed by atoms with E-state index in [1.165, 1.54) is 0 Å². The van der Waals surface area contributed by atoms with Crippen molar-refractivity contribution in [3.63, 3.8) is 0 Å². The maximum atomic E-state index is 14.2. The summed E-state index contributed by atoms with van der Waals surface area (Å²) in [4.78, 5) is 43.4. The van der Waals surface area contributed by atoms with Crippen molar-refractivity contribution in [1.82, 2.24) is 24.6 Å². The summed E-state index contributed by atoms with van der Waals surface area (Å²) in [6.07, 6.45) is 4.87. The summed E-state index contributed by atoms with van der Waals surface area (Å²) in [6, 6.07) is 10.9. The number of fused-ring (bicyclic) bond motifs is 2. The van der Waals surface area contributed by atoms with Crippen molar-refractivity contribution in [3.05, 3.63) is 75.3 Å². The third-order valence-corrected chi connectivity index (χ3v) is 9.45. The van der Waals surface area contributed by atoms with Gasteiger partial charge in [0.1, 0.15) is 18.7 Å². The Morgan fingerprint density at radius 3 is 2.63 bits per heavy atom. The zero-order valence-electron chi connectivity index (χ0n) is 22.8. The van der Waals surface area contributed by atoms with Gasteiger partial charge in [0.2, 0.25) is 5.91 Å². The molecule has 1 saturated carbocycles. The van der Waals surface area contributed by atoms with Gasteiger partial charge < -0.3 is 24.2 Å². The van der Waals surface area contributed by atoms with Gasteiger partial charge in [-0.25, -0.2) is 0 Å². The minimum absolute atomic E-state index is 0.0715. The fourth-order valence-electron chi connectivity index (χ4n) is 6.55. The van der Waals surface area contributed by atoms with Crippen LogP contribution in [0.5, 0.6) is 5.75 Å². The number of rotatable bonds is 7. The van der Waals surface area contributed by atoms with E-state index in [0.717, 1.165) is 34.0 Å². The second kappa shape index (κ2) is 11.3. The quantitative estimate of drug-likeness (QED) is 0.421. The van der Waals surface area contributed by atoms with Crippen LogP contribution in [0.1, 0.15) is 64.6 Å². The Kier molecular flexibility index (Phi) is 7.54. The van der Waals surface area contributed by atoms with Crippen LogP contribution in [0.4, 0.5) is 0 Å². The van der Waals surface area contributed by atoms with Gasteiger partial charge in [0.15, 0.2) is 5.82 Å². The number of hydrogen-bond acceptors (Lipinski definition) is 6. The number of carboxylic acids is 1. The number of ether oxygens (including phenoxy) is 1. The fourth-order valence-corrected chi connectivity index (χ4v) is 7.09. The largest absolute Gasteiger partial charge is 0.485 e. The molecule has 0 saturated heterocycles. The first-order valence-corrected chi connectivity index (χ1v) is 14.8. The lowest BCUT2D eigenvalue weighted by Crippen LogP contribution is -2.50. The molecule has 2 aromatic carbocycles. The molecule has 0 bridgehead atoms. The van der Waals surface area contributed by atoms with E-state index < -0.39 is 23.8 Å². The molecule has 2 aliphatic heterocycles. The highest BCUT2D eigenvalue weighted by Gasteiger charge is 2.44. The number of aryl methyl sites for hydroxylation is 1. The summed E-state index contributed by atoms with van der Waals surface area (Å²) >= 11 is 3.71. The molecule has 2 amide bonds. The Balaban J connectivity index is 1.39. The first kappa shape index (κ1) is 27.4. The van der Waals surface area contributed by atoms with E-state index in [-0.39, 0.29) is 25.0 Å². The molecule has 3 atom stereocenters. The van der Waals surface area contributed by atoms with Gasteiger partial charge in [-0.15, -0.1) is 10.2 Å². The first-order chi connectivity index (χ1) is 19.8. The van der Waals surface area contributed by atoms with E-state index in [2.05, 4.69) is 26.1 Å². The van der Waals surface area contributed by atoms with Crippen molar-refractivity contribution in [1.29, 1.82) is 0 Å². The van der Waals surface area contributed by atoms with Gasteiger partial charge in [0.25, 0.3) is 5.91 Å². The van der Waals surface area contributed by atoms with E-state index in [4.69, 9.17) is 4.74 Å². The van der Waals surface area contributed by atoms with Crippen LogP contribution in [0.15, 0.2) is 47.2 Å². The molecule has 10 nitrogen and oxygen atoms in total. The standard InChI is InChI=1S/C30H32BrN5O5/c1-34-17-32-33-26(34)16-41-25-11-10-23(31)22-12-13-36(29(38)20-8-4-5-9-21(20)30(39)40)24(27(22)25)15-35-14-18-6-2-3-7-19(18)28(35)37/h2-3,6-7,10-11,17,20-21,24H,4-5,8-9,12-16H2,1H3,(H,39,40)/t20-,21+,24-/m1/s1. The Morgan fingerprint density at radius 2 is 1.90 bits per heavy atom. The number of hydrogen-bond donors (Lipinski definition) is 1. The van der Waals surface area contributed by atoms with E-state index in [1.54, 1.807) is 15.8 Å². The van der Waals surface area contributed by atoms with E-state index in [9.17, 15) is 19.5 Å². The Bertz CT molecular complexity index is 1510. The van der Waals surface area contributed by atoms with Crippen molar-refractivity contribution in [3.8, 4) is 5.75 Å². The highest BCUT2D eigenvalue weighted by molar-refractivity contribution is 9.10. The number of amides is 2. The maximum absolute atomic E-state index is 14.2. The van der Waals surface area contributed by atoms with Crippen molar-refractivity contribution in [2.75, 3.05) is 13.1 Å². The molecular weight excluding hydrogens is 590 g/mol. The van der Waals surface area contributed by atoms with Crippen LogP contribution in [0.3, 0.4) is 0 Å². The lowest BCUT2D eigenvalue weighted by molar-refractivity contribution is -0.153. The summed E-state index contributed by atoms with van der Waals surface area (Å²) in [5, 5.41) is 18.0. The van der Waals surface area contributed by atoms with Gasteiger partial charge >= 0.3 is 5.97 Å². The van der Waals surface area contributed by atoms with Gasteiger partial charge in [-0.1, -0.05) is 47.0 Å². The molecular formula is C30H32BrN5O5. The number of benzene rings is 2. The number of aromatic nitrogens is 3. The van der Waals surface area contributed by atoms with E-state index >= 15 is 0 Å². The monoisotopic (exact) mass is 621 g/mol. The second-order valence-electron chi connectivity index (χ2n) is 11.1. The third kappa shape index (κ3) is 5.11. The van der Waals surface area contributed by atoms with Gasteiger partial charge in [0, 0.05) is 42.3 Å². The number of halogens is 1. The summed E-state index contributed by atoms with van der Waals surface area (Å²) in [5.74, 6) is -1.18. The van der Waals surface area contributed by atoms with Crippen LogP contribution in [0.25, 0.3) is 0 Å². The zero-order valence-corrected chi connectivity index (χ0v) is 24.4. The lowest BCUT2D eigenvalue weighted by Gasteiger charge is -2.43. The van der Waals surface area contributed by atoms with Gasteiger partial charge in [-0.2, -0.15) is 0 Å². The molecule has 214 valence electrons. The smallest absolute Gasteiger partial charge is 0.307 e. The van der Waals surface area contributed by atoms with Gasteiger partial charge in [-0.05, 0) is 48.6 Å². The van der Waals surface area contributed by atoms with Gasteiger partial charge in [0.05, 0.1) is 17.9 Å². The first-order valence-electron chi connectivity index (χ1n) is 14.0. The van der Waals surface area contributed by atoms with Crippen LogP contribution in [0.2, 0.25) is 0 Å². The normalized spacial score (nSPS) is 21.9. The van der Waals surface area contributed by atoms with Crippen LogP contribution in [-0.4, -0.2) is 60.5 Å². The predicted molar refractivity (Wildman–Crippen MR) is 152 cm³/mol. The summed E-state index contributed by atoms with van der Waals surface area (Å²) in [5.41, 5.74) is 3.50. The molecule has 3 aliphatic rings. The number of aliphatic carboxylic acids is 1. The molecule has 1 N–H and O–H groups in total.